The van der Waals surface area contributed by atoms with Gasteiger partial charge in [-0.25, -0.2) is 9.97 Å². The van der Waals surface area contributed by atoms with Crippen LogP contribution < -0.4 is 4.90 Å². The predicted molar refractivity (Wildman–Crippen MR) is 98.4 cm³/mol. The van der Waals surface area contributed by atoms with Crippen molar-refractivity contribution in [3.05, 3.63) is 42.7 Å². The number of nitrogens with zero attached hydrogens (tertiary/aromatic N) is 3. The van der Waals surface area contributed by atoms with Gasteiger partial charge in [0.25, 0.3) is 0 Å². The quantitative estimate of drug-likeness (QED) is 0.720. The molecule has 1 aromatic carbocycles. The lowest BCUT2D eigenvalue weighted by Gasteiger charge is -2.30. The summed E-state index contributed by atoms with van der Waals surface area (Å²) in [4.78, 5) is 12.8. The van der Waals surface area contributed by atoms with Gasteiger partial charge in [0.1, 0.15) is 17.0 Å². The van der Waals surface area contributed by atoms with Crippen LogP contribution in [0, 0.1) is 0 Å². The molecule has 0 unspecified atom stereocenters. The average molecular weight is 343 g/mol. The summed E-state index contributed by atoms with van der Waals surface area (Å²) in [5, 5.41) is 20.3. The van der Waals surface area contributed by atoms with Crippen molar-refractivity contribution in [1.29, 1.82) is 0 Å². The molecule has 126 valence electrons. The number of benzene rings is 1. The molecule has 0 saturated carbocycles. The minimum absolute atomic E-state index is 0.00606. The zero-order chi connectivity index (χ0) is 17.1. The van der Waals surface area contributed by atoms with Gasteiger partial charge in [-0.3, -0.25) is 0 Å². The third kappa shape index (κ3) is 3.40. The van der Waals surface area contributed by atoms with Crippen molar-refractivity contribution in [1.82, 2.24) is 9.97 Å². The minimum atomic E-state index is -0.517. The smallest absolute Gasteiger partial charge is 0.141 e. The number of aliphatic hydroxyl groups excluding tert-OH is 2. The van der Waals surface area contributed by atoms with Gasteiger partial charge in [0.05, 0.1) is 24.1 Å². The van der Waals surface area contributed by atoms with Crippen LogP contribution in [0.5, 0.6) is 0 Å². The van der Waals surface area contributed by atoms with Crippen LogP contribution in [0.3, 0.4) is 0 Å². The van der Waals surface area contributed by atoms with Gasteiger partial charge < -0.3 is 15.1 Å². The molecule has 6 heteroatoms. The maximum atomic E-state index is 9.82. The maximum Gasteiger partial charge on any atom is 0.141 e. The Morgan fingerprint density at radius 3 is 2.58 bits per heavy atom. The first-order chi connectivity index (χ1) is 11.6. The molecule has 24 heavy (non-hydrogen) atoms. The minimum Gasteiger partial charge on any atom is -0.394 e. The van der Waals surface area contributed by atoms with Crippen LogP contribution >= 0.6 is 11.3 Å². The molecule has 3 rings (SSSR count). The summed E-state index contributed by atoms with van der Waals surface area (Å²) >= 11 is 1.62. The highest BCUT2D eigenvalue weighted by Crippen LogP contribution is 2.36. The normalized spacial score (nSPS) is 13.8. The molecular formula is C18H21N3O2S. The predicted octanol–water partition coefficient (Wildman–Crippen LogP) is 2.93. The summed E-state index contributed by atoms with van der Waals surface area (Å²) in [5.41, 5.74) is 1.14. The van der Waals surface area contributed by atoms with E-state index in [4.69, 9.17) is 0 Å². The van der Waals surface area contributed by atoms with E-state index in [1.54, 1.807) is 24.6 Å². The second-order valence-electron chi connectivity index (χ2n) is 5.93. The van der Waals surface area contributed by atoms with Crippen LogP contribution in [0.1, 0.15) is 13.8 Å². The van der Waals surface area contributed by atoms with E-state index in [0.29, 0.717) is 6.54 Å². The van der Waals surface area contributed by atoms with E-state index in [1.165, 1.54) is 0 Å². The average Bonchev–Trinajstić information content (AvgIpc) is 3.04. The van der Waals surface area contributed by atoms with Gasteiger partial charge in [-0.2, -0.15) is 0 Å². The number of aliphatic hydroxyl groups is 2. The number of aromatic nitrogens is 2. The van der Waals surface area contributed by atoms with Crippen molar-refractivity contribution in [3.8, 4) is 10.4 Å². The Morgan fingerprint density at radius 2 is 1.92 bits per heavy atom. The largest absolute Gasteiger partial charge is 0.394 e. The summed E-state index contributed by atoms with van der Waals surface area (Å²) in [6, 6.07) is 12.1. The van der Waals surface area contributed by atoms with E-state index in [-0.39, 0.29) is 12.6 Å². The van der Waals surface area contributed by atoms with Crippen molar-refractivity contribution in [2.45, 2.75) is 26.0 Å². The number of fused-ring (bicyclic) bond motifs is 1. The fraction of sp³-hybridized carbons (Fsp3) is 0.333. The van der Waals surface area contributed by atoms with Crippen molar-refractivity contribution in [3.63, 3.8) is 0 Å². The van der Waals surface area contributed by atoms with Gasteiger partial charge in [0.2, 0.25) is 0 Å². The van der Waals surface area contributed by atoms with Gasteiger partial charge >= 0.3 is 0 Å². The highest BCUT2D eigenvalue weighted by Gasteiger charge is 2.21. The second-order valence-corrected chi connectivity index (χ2v) is 6.96. The van der Waals surface area contributed by atoms with Crippen LogP contribution in [0.4, 0.5) is 5.82 Å². The third-order valence-electron chi connectivity index (χ3n) is 3.90. The monoisotopic (exact) mass is 343 g/mol. The summed E-state index contributed by atoms with van der Waals surface area (Å²) < 4.78 is 0. The standard InChI is InChI=1S/C18H21N3O2S/c1-12(10-22)21(9-13(2)23)17-15-8-16(14-6-4-3-5-7-14)24-18(15)20-11-19-17/h3-8,11-13,22-23H,9-10H2,1-2H3/t12-,13-/m0/s1. The van der Waals surface area contributed by atoms with Crippen LogP contribution in [0.25, 0.3) is 20.7 Å². The Kier molecular flexibility index (Phi) is 5.08. The molecule has 2 heterocycles. The molecule has 5 nitrogen and oxygen atoms in total. The first-order valence-electron chi connectivity index (χ1n) is 7.95. The number of anilines is 1. The Hall–Kier alpha value is -2.02. The van der Waals surface area contributed by atoms with E-state index >= 15 is 0 Å². The summed E-state index contributed by atoms with van der Waals surface area (Å²) in [5.74, 6) is 0.751. The lowest BCUT2D eigenvalue weighted by Crippen LogP contribution is -2.41. The highest BCUT2D eigenvalue weighted by atomic mass is 32.1. The fourth-order valence-corrected chi connectivity index (χ4v) is 3.67. The molecule has 0 aliphatic heterocycles. The van der Waals surface area contributed by atoms with Crippen LogP contribution in [0.2, 0.25) is 0 Å². The maximum absolute atomic E-state index is 9.82. The number of rotatable bonds is 6. The van der Waals surface area contributed by atoms with E-state index in [0.717, 1.165) is 26.5 Å². The van der Waals surface area contributed by atoms with Gasteiger partial charge in [-0.15, -0.1) is 11.3 Å². The molecule has 0 aliphatic rings. The molecule has 0 saturated heterocycles. The van der Waals surface area contributed by atoms with Crippen LogP contribution in [-0.4, -0.2) is 45.5 Å². The summed E-state index contributed by atoms with van der Waals surface area (Å²) in [6.07, 6.45) is 1.03. The van der Waals surface area contributed by atoms with Crippen LogP contribution in [0.15, 0.2) is 42.7 Å². The SMILES string of the molecule is C[C@H](O)CN(c1ncnc2sc(-c3ccccc3)cc12)[C@@H](C)CO. The van der Waals surface area contributed by atoms with Gasteiger partial charge in [-0.1, -0.05) is 30.3 Å². The van der Waals surface area contributed by atoms with Crippen molar-refractivity contribution < 1.29 is 10.2 Å². The molecule has 0 amide bonds. The van der Waals surface area contributed by atoms with E-state index in [2.05, 4.69) is 28.2 Å². The molecular weight excluding hydrogens is 322 g/mol. The summed E-state index contributed by atoms with van der Waals surface area (Å²) in [6.45, 7) is 4.05. The van der Waals surface area contributed by atoms with Gasteiger partial charge in [0.15, 0.2) is 0 Å². The zero-order valence-corrected chi connectivity index (χ0v) is 14.6. The first kappa shape index (κ1) is 16.8. The fourth-order valence-electron chi connectivity index (χ4n) is 2.67. The number of hydrogen-bond acceptors (Lipinski definition) is 6. The molecule has 3 aromatic rings. The summed E-state index contributed by atoms with van der Waals surface area (Å²) in [7, 11) is 0. The van der Waals surface area contributed by atoms with Crippen LogP contribution in [-0.2, 0) is 0 Å². The molecule has 2 atom stereocenters. The van der Waals surface area contributed by atoms with Crippen molar-refractivity contribution in [2.75, 3.05) is 18.1 Å². The van der Waals surface area contributed by atoms with Crippen molar-refractivity contribution in [2.24, 2.45) is 0 Å². The number of hydrogen-bond donors (Lipinski definition) is 2. The Balaban J connectivity index is 2.09. The number of thiophene rings is 1. The second kappa shape index (κ2) is 7.25. The molecule has 2 N–H and O–H groups in total. The molecule has 0 aliphatic carbocycles. The zero-order valence-electron chi connectivity index (χ0n) is 13.8. The topological polar surface area (TPSA) is 69.5 Å². The lowest BCUT2D eigenvalue weighted by molar-refractivity contribution is 0.189. The molecule has 0 spiro atoms. The Morgan fingerprint density at radius 1 is 1.17 bits per heavy atom. The van der Waals surface area contributed by atoms with E-state index < -0.39 is 6.10 Å². The molecule has 0 radical (unpaired) electrons. The lowest BCUT2D eigenvalue weighted by atomic mass is 10.1. The van der Waals surface area contributed by atoms with Crippen molar-refractivity contribution >= 4 is 27.4 Å². The Bertz CT molecular complexity index is 804. The first-order valence-corrected chi connectivity index (χ1v) is 8.77. The molecule has 0 bridgehead atoms. The van der Waals surface area contributed by atoms with E-state index in [1.807, 2.05) is 30.0 Å². The van der Waals surface area contributed by atoms with Gasteiger partial charge in [-0.05, 0) is 25.5 Å². The molecule has 0 fully saturated rings. The highest BCUT2D eigenvalue weighted by molar-refractivity contribution is 7.21. The van der Waals surface area contributed by atoms with Gasteiger partial charge in [0, 0.05) is 11.4 Å². The Labute approximate surface area is 145 Å². The van der Waals surface area contributed by atoms with E-state index in [9.17, 15) is 10.2 Å². The molecule has 2 aromatic heterocycles. The third-order valence-corrected chi connectivity index (χ3v) is 4.99.